The van der Waals surface area contributed by atoms with Crippen molar-refractivity contribution >= 4 is 0 Å². The summed E-state index contributed by atoms with van der Waals surface area (Å²) >= 11 is 0. The number of hydrogen-bond acceptors (Lipinski definition) is 1. The van der Waals surface area contributed by atoms with Gasteiger partial charge < -0.3 is 5.32 Å². The zero-order valence-corrected chi connectivity index (χ0v) is 6.86. The van der Waals surface area contributed by atoms with Crippen LogP contribution in [0.2, 0.25) is 0 Å². The summed E-state index contributed by atoms with van der Waals surface area (Å²) in [5, 5.41) is 3.30. The summed E-state index contributed by atoms with van der Waals surface area (Å²) in [5.41, 5.74) is 0.522. The fourth-order valence-electron chi connectivity index (χ4n) is 1.47. The van der Waals surface area contributed by atoms with Crippen LogP contribution in [0.4, 0.5) is 0 Å². The van der Waals surface area contributed by atoms with Gasteiger partial charge in [0.25, 0.3) is 0 Å². The van der Waals surface area contributed by atoms with E-state index in [1.807, 2.05) is 0 Å². The van der Waals surface area contributed by atoms with Crippen molar-refractivity contribution in [1.82, 2.24) is 5.32 Å². The molecule has 2 atom stereocenters. The van der Waals surface area contributed by atoms with Crippen LogP contribution in [-0.4, -0.2) is 13.1 Å². The molecule has 0 saturated heterocycles. The Morgan fingerprint density at radius 3 is 2.00 bits per heavy atom. The van der Waals surface area contributed by atoms with Crippen molar-refractivity contribution in [3.8, 4) is 0 Å². The first-order valence-corrected chi connectivity index (χ1v) is 3.73. The Labute approximate surface area is 57.8 Å². The van der Waals surface area contributed by atoms with Crippen LogP contribution in [0.5, 0.6) is 0 Å². The molecule has 9 heavy (non-hydrogen) atoms. The summed E-state index contributed by atoms with van der Waals surface area (Å²) in [6.45, 7) is 6.94. The minimum atomic E-state index is 0.522. The Morgan fingerprint density at radius 1 is 1.33 bits per heavy atom. The largest absolute Gasteiger partial charge is 0.317 e. The quantitative estimate of drug-likeness (QED) is 0.564. The normalized spacial score (nSPS) is 34.7. The average Bonchev–Trinajstić information content (AvgIpc) is 2.39. The summed E-state index contributed by atoms with van der Waals surface area (Å²) in [6, 6.07) is 0.810. The van der Waals surface area contributed by atoms with Gasteiger partial charge in [0.2, 0.25) is 0 Å². The highest BCUT2D eigenvalue weighted by Crippen LogP contribution is 2.44. The van der Waals surface area contributed by atoms with Gasteiger partial charge in [-0.05, 0) is 24.8 Å². The molecule has 1 fully saturated rings. The molecule has 1 aliphatic rings. The minimum absolute atomic E-state index is 0.522. The molecule has 0 bridgehead atoms. The average molecular weight is 127 g/mol. The topological polar surface area (TPSA) is 12.0 Å². The van der Waals surface area contributed by atoms with Crippen molar-refractivity contribution in [3.05, 3.63) is 0 Å². The van der Waals surface area contributed by atoms with Crippen LogP contribution in [0.15, 0.2) is 0 Å². The van der Waals surface area contributed by atoms with E-state index in [9.17, 15) is 0 Å². The van der Waals surface area contributed by atoms with Gasteiger partial charge in [0.05, 0.1) is 0 Å². The van der Waals surface area contributed by atoms with Crippen molar-refractivity contribution in [2.45, 2.75) is 33.2 Å². The zero-order chi connectivity index (χ0) is 7.07. The van der Waals surface area contributed by atoms with E-state index in [-0.39, 0.29) is 0 Å². The lowest BCUT2D eigenvalue weighted by Crippen LogP contribution is -2.18. The van der Waals surface area contributed by atoms with Crippen LogP contribution in [0, 0.1) is 11.3 Å². The van der Waals surface area contributed by atoms with Crippen LogP contribution < -0.4 is 5.32 Å². The Hall–Kier alpha value is -0.0400. The molecule has 1 rings (SSSR count). The van der Waals surface area contributed by atoms with Gasteiger partial charge in [-0.2, -0.15) is 0 Å². The standard InChI is InChI=1S/C8H17N/c1-8(2,3)6-5-7(6)9-4/h6-7,9H,5H2,1-4H3. The predicted octanol–water partition coefficient (Wildman–Crippen LogP) is 1.64. The molecule has 0 aromatic heterocycles. The van der Waals surface area contributed by atoms with E-state index in [0.717, 1.165) is 12.0 Å². The van der Waals surface area contributed by atoms with Gasteiger partial charge in [-0.1, -0.05) is 20.8 Å². The Bertz CT molecular complexity index is 102. The molecule has 0 radical (unpaired) electrons. The molecule has 54 valence electrons. The highest BCUT2D eigenvalue weighted by atomic mass is 14.9. The molecule has 1 heteroatoms. The van der Waals surface area contributed by atoms with Gasteiger partial charge in [-0.25, -0.2) is 0 Å². The predicted molar refractivity (Wildman–Crippen MR) is 40.4 cm³/mol. The fraction of sp³-hybridized carbons (Fsp3) is 1.00. The number of hydrogen-bond donors (Lipinski definition) is 1. The highest BCUT2D eigenvalue weighted by Gasteiger charge is 2.43. The molecule has 0 spiro atoms. The van der Waals surface area contributed by atoms with E-state index >= 15 is 0 Å². The second-order valence-corrected chi connectivity index (χ2v) is 4.10. The monoisotopic (exact) mass is 127 g/mol. The molecular formula is C8H17N. The van der Waals surface area contributed by atoms with Crippen molar-refractivity contribution in [2.24, 2.45) is 11.3 Å². The van der Waals surface area contributed by atoms with Gasteiger partial charge in [-0.3, -0.25) is 0 Å². The molecule has 0 aromatic carbocycles. The Balaban J connectivity index is 2.33. The number of nitrogens with one attached hydrogen (secondary N) is 1. The second-order valence-electron chi connectivity index (χ2n) is 4.10. The summed E-state index contributed by atoms with van der Waals surface area (Å²) < 4.78 is 0. The molecule has 0 aliphatic heterocycles. The van der Waals surface area contributed by atoms with Crippen LogP contribution >= 0.6 is 0 Å². The number of rotatable bonds is 1. The molecule has 0 heterocycles. The lowest BCUT2D eigenvalue weighted by atomic mass is 9.90. The maximum absolute atomic E-state index is 3.30. The van der Waals surface area contributed by atoms with Gasteiger partial charge in [0.15, 0.2) is 0 Å². The summed E-state index contributed by atoms with van der Waals surface area (Å²) in [7, 11) is 2.05. The first-order chi connectivity index (χ1) is 4.05. The molecule has 1 nitrogen and oxygen atoms in total. The smallest absolute Gasteiger partial charge is 0.0101 e. The third-order valence-electron chi connectivity index (χ3n) is 2.27. The van der Waals surface area contributed by atoms with Crippen LogP contribution in [0.25, 0.3) is 0 Å². The summed E-state index contributed by atoms with van der Waals surface area (Å²) in [4.78, 5) is 0. The minimum Gasteiger partial charge on any atom is -0.317 e. The molecule has 0 aromatic rings. The molecule has 1 aliphatic carbocycles. The fourth-order valence-corrected chi connectivity index (χ4v) is 1.47. The summed E-state index contributed by atoms with van der Waals surface area (Å²) in [6.07, 6.45) is 1.38. The van der Waals surface area contributed by atoms with E-state index in [2.05, 4.69) is 33.1 Å². The first kappa shape index (κ1) is 7.07. The Morgan fingerprint density at radius 2 is 1.89 bits per heavy atom. The first-order valence-electron chi connectivity index (χ1n) is 3.73. The molecule has 1 saturated carbocycles. The Kier molecular flexibility index (Phi) is 1.55. The molecule has 0 amide bonds. The van der Waals surface area contributed by atoms with E-state index in [0.29, 0.717) is 5.41 Å². The SMILES string of the molecule is CNC1CC1C(C)(C)C. The van der Waals surface area contributed by atoms with Crippen molar-refractivity contribution in [3.63, 3.8) is 0 Å². The zero-order valence-electron chi connectivity index (χ0n) is 6.86. The maximum atomic E-state index is 3.30. The van der Waals surface area contributed by atoms with Gasteiger partial charge in [-0.15, -0.1) is 0 Å². The van der Waals surface area contributed by atoms with Crippen molar-refractivity contribution in [1.29, 1.82) is 0 Å². The lowest BCUT2D eigenvalue weighted by molar-refractivity contribution is 0.337. The lowest BCUT2D eigenvalue weighted by Gasteiger charge is -2.17. The van der Waals surface area contributed by atoms with E-state index in [1.165, 1.54) is 6.42 Å². The van der Waals surface area contributed by atoms with Gasteiger partial charge >= 0.3 is 0 Å². The van der Waals surface area contributed by atoms with Gasteiger partial charge in [0.1, 0.15) is 0 Å². The van der Waals surface area contributed by atoms with Crippen LogP contribution in [-0.2, 0) is 0 Å². The second kappa shape index (κ2) is 1.98. The molecular weight excluding hydrogens is 110 g/mol. The third-order valence-corrected chi connectivity index (χ3v) is 2.27. The van der Waals surface area contributed by atoms with Crippen LogP contribution in [0.3, 0.4) is 0 Å². The van der Waals surface area contributed by atoms with Gasteiger partial charge in [0, 0.05) is 6.04 Å². The van der Waals surface area contributed by atoms with E-state index < -0.39 is 0 Å². The summed E-state index contributed by atoms with van der Waals surface area (Å²) in [5.74, 6) is 0.919. The molecule has 2 unspecified atom stereocenters. The van der Waals surface area contributed by atoms with E-state index in [1.54, 1.807) is 0 Å². The third kappa shape index (κ3) is 1.45. The highest BCUT2D eigenvalue weighted by molar-refractivity contribution is 4.98. The maximum Gasteiger partial charge on any atom is 0.0101 e. The molecule has 1 N–H and O–H groups in total. The van der Waals surface area contributed by atoms with Crippen molar-refractivity contribution in [2.75, 3.05) is 7.05 Å². The van der Waals surface area contributed by atoms with Crippen LogP contribution in [0.1, 0.15) is 27.2 Å². The van der Waals surface area contributed by atoms with E-state index in [4.69, 9.17) is 0 Å². The van der Waals surface area contributed by atoms with Crippen molar-refractivity contribution < 1.29 is 0 Å².